The number of carbonyl (C=O) groups excluding carboxylic acids is 1. The molecule has 0 saturated carbocycles. The van der Waals surface area contributed by atoms with Gasteiger partial charge in [-0.3, -0.25) is 9.69 Å². The first-order chi connectivity index (χ1) is 11.6. The lowest BCUT2D eigenvalue weighted by molar-refractivity contribution is -0.119. The molecule has 0 bridgehead atoms. The van der Waals surface area contributed by atoms with Gasteiger partial charge in [0.25, 0.3) is 0 Å². The van der Waals surface area contributed by atoms with Gasteiger partial charge in [0.1, 0.15) is 5.76 Å². The van der Waals surface area contributed by atoms with Crippen molar-refractivity contribution in [3.63, 3.8) is 0 Å². The quantitative estimate of drug-likeness (QED) is 0.793. The van der Waals surface area contributed by atoms with Crippen molar-refractivity contribution in [1.82, 2.24) is 10.2 Å². The summed E-state index contributed by atoms with van der Waals surface area (Å²) >= 11 is 3.48. The van der Waals surface area contributed by atoms with E-state index in [0.717, 1.165) is 36.2 Å². The van der Waals surface area contributed by atoms with Crippen molar-refractivity contribution in [2.24, 2.45) is 5.73 Å². The van der Waals surface area contributed by atoms with Gasteiger partial charge in [-0.25, -0.2) is 0 Å². The second-order valence-electron chi connectivity index (χ2n) is 6.18. The maximum absolute atomic E-state index is 11.0. The molecule has 1 fully saturated rings. The van der Waals surface area contributed by atoms with E-state index < -0.39 is 0 Å². The predicted octanol–water partition coefficient (Wildman–Crippen LogP) is 2.67. The van der Waals surface area contributed by atoms with Crippen molar-refractivity contribution < 1.29 is 9.21 Å². The van der Waals surface area contributed by atoms with Crippen molar-refractivity contribution >= 4 is 21.8 Å². The van der Waals surface area contributed by atoms with Crippen molar-refractivity contribution in [3.05, 3.63) is 58.5 Å². The number of amides is 1. The first-order valence-electron chi connectivity index (χ1n) is 8.17. The van der Waals surface area contributed by atoms with Crippen LogP contribution in [0.4, 0.5) is 0 Å². The van der Waals surface area contributed by atoms with E-state index >= 15 is 0 Å². The Balaban J connectivity index is 1.67. The van der Waals surface area contributed by atoms with Crippen molar-refractivity contribution in [2.45, 2.75) is 24.9 Å². The van der Waals surface area contributed by atoms with Gasteiger partial charge < -0.3 is 15.5 Å². The number of halogens is 1. The Kier molecular flexibility index (Phi) is 5.71. The van der Waals surface area contributed by atoms with Gasteiger partial charge in [-0.15, -0.1) is 0 Å². The molecular weight excluding hydrogens is 370 g/mol. The number of hydrogen-bond acceptors (Lipinski definition) is 4. The number of benzene rings is 1. The van der Waals surface area contributed by atoms with Crippen LogP contribution in [0.2, 0.25) is 0 Å². The summed E-state index contributed by atoms with van der Waals surface area (Å²) in [5, 5.41) is 3.72. The third kappa shape index (κ3) is 4.47. The summed E-state index contributed by atoms with van der Waals surface area (Å²) in [6.07, 6.45) is 3.68. The molecule has 1 aliphatic rings. The molecule has 5 nitrogen and oxygen atoms in total. The van der Waals surface area contributed by atoms with E-state index in [-0.39, 0.29) is 11.9 Å². The third-order valence-electron chi connectivity index (χ3n) is 4.40. The lowest BCUT2D eigenvalue weighted by Gasteiger charge is -2.33. The van der Waals surface area contributed by atoms with E-state index in [4.69, 9.17) is 10.2 Å². The molecule has 1 aromatic carbocycles. The Hall–Kier alpha value is -1.63. The molecule has 1 saturated heterocycles. The van der Waals surface area contributed by atoms with E-state index in [9.17, 15) is 4.79 Å². The number of primary amides is 1. The number of nitrogens with zero attached hydrogens (tertiary/aromatic N) is 1. The number of rotatable bonds is 6. The van der Waals surface area contributed by atoms with Crippen LogP contribution in [0.15, 0.2) is 51.6 Å². The Labute approximate surface area is 150 Å². The minimum Gasteiger partial charge on any atom is -0.467 e. The van der Waals surface area contributed by atoms with Gasteiger partial charge in [-0.05, 0) is 42.7 Å². The monoisotopic (exact) mass is 391 g/mol. The molecule has 24 heavy (non-hydrogen) atoms. The zero-order chi connectivity index (χ0) is 16.9. The normalized spacial score (nSPS) is 17.7. The van der Waals surface area contributed by atoms with Crippen LogP contribution in [0.1, 0.15) is 30.2 Å². The average Bonchev–Trinajstić information content (AvgIpc) is 3.09. The van der Waals surface area contributed by atoms with Gasteiger partial charge in [-0.2, -0.15) is 0 Å². The summed E-state index contributed by atoms with van der Waals surface area (Å²) in [7, 11) is 0. The van der Waals surface area contributed by atoms with E-state index in [1.54, 1.807) is 6.26 Å². The summed E-state index contributed by atoms with van der Waals surface area (Å²) in [5.41, 5.74) is 6.45. The van der Waals surface area contributed by atoms with E-state index in [0.29, 0.717) is 12.6 Å². The Morgan fingerprint density at radius 3 is 2.58 bits per heavy atom. The van der Waals surface area contributed by atoms with Crippen molar-refractivity contribution in [1.29, 1.82) is 0 Å². The largest absolute Gasteiger partial charge is 0.467 e. The zero-order valence-electron chi connectivity index (χ0n) is 13.5. The van der Waals surface area contributed by atoms with E-state index in [2.05, 4.69) is 38.3 Å². The summed E-state index contributed by atoms with van der Waals surface area (Å²) < 4.78 is 6.71. The van der Waals surface area contributed by atoms with Gasteiger partial charge in [-0.1, -0.05) is 28.1 Å². The maximum atomic E-state index is 11.0. The molecule has 3 N–H and O–H groups in total. The highest BCUT2D eigenvalue weighted by Crippen LogP contribution is 2.26. The summed E-state index contributed by atoms with van der Waals surface area (Å²) in [6, 6.07) is 12.6. The molecule has 0 radical (unpaired) electrons. The molecule has 2 aromatic rings. The number of carbonyl (C=O) groups is 1. The van der Waals surface area contributed by atoms with Gasteiger partial charge in [0.2, 0.25) is 5.91 Å². The van der Waals surface area contributed by atoms with Crippen LogP contribution in [0, 0.1) is 0 Å². The molecule has 1 atom stereocenters. The minimum atomic E-state index is -0.260. The molecule has 1 amide bonds. The molecule has 128 valence electrons. The second-order valence-corrected chi connectivity index (χ2v) is 7.10. The van der Waals surface area contributed by atoms with Crippen molar-refractivity contribution in [3.8, 4) is 0 Å². The van der Waals surface area contributed by atoms with Crippen LogP contribution >= 0.6 is 15.9 Å². The number of hydrogen-bond donors (Lipinski definition) is 2. The molecule has 6 heteroatoms. The number of likely N-dealkylation sites (tertiary alicyclic amines) is 1. The fourth-order valence-electron chi connectivity index (χ4n) is 3.17. The zero-order valence-corrected chi connectivity index (χ0v) is 15.0. The maximum Gasteiger partial charge on any atom is 0.231 e. The summed E-state index contributed by atoms with van der Waals surface area (Å²) in [5.74, 6) is 0.654. The van der Waals surface area contributed by atoms with E-state index in [1.807, 2.05) is 24.3 Å². The van der Waals surface area contributed by atoms with Crippen LogP contribution in [-0.2, 0) is 4.79 Å². The summed E-state index contributed by atoms with van der Waals surface area (Å²) in [6.45, 7) is 2.11. The standard InChI is InChI=1S/C18H22BrN3O2/c19-14-5-3-13(4-6-14)18(16-2-1-11-24-16)21-15-7-9-22(10-8-15)12-17(20)23/h1-6,11,15,18,21H,7-10,12H2,(H2,20,23)/t18-/m0/s1. The van der Waals surface area contributed by atoms with Gasteiger partial charge in [0.15, 0.2) is 0 Å². The topological polar surface area (TPSA) is 71.5 Å². The first-order valence-corrected chi connectivity index (χ1v) is 8.96. The van der Waals surface area contributed by atoms with Crippen LogP contribution in [-0.4, -0.2) is 36.5 Å². The highest BCUT2D eigenvalue weighted by atomic mass is 79.9. The molecule has 2 heterocycles. The lowest BCUT2D eigenvalue weighted by Crippen LogP contribution is -2.46. The molecule has 1 aromatic heterocycles. The Morgan fingerprint density at radius 2 is 2.00 bits per heavy atom. The van der Waals surface area contributed by atoms with Crippen LogP contribution in [0.5, 0.6) is 0 Å². The van der Waals surface area contributed by atoms with Crippen molar-refractivity contribution in [2.75, 3.05) is 19.6 Å². The van der Waals surface area contributed by atoms with Gasteiger partial charge >= 0.3 is 0 Å². The summed E-state index contributed by atoms with van der Waals surface area (Å²) in [4.78, 5) is 13.2. The lowest BCUT2D eigenvalue weighted by atomic mass is 9.99. The van der Waals surface area contributed by atoms with Crippen LogP contribution in [0.25, 0.3) is 0 Å². The molecule has 0 spiro atoms. The minimum absolute atomic E-state index is 0.0285. The Morgan fingerprint density at radius 1 is 1.29 bits per heavy atom. The highest BCUT2D eigenvalue weighted by molar-refractivity contribution is 9.10. The van der Waals surface area contributed by atoms with Crippen LogP contribution < -0.4 is 11.1 Å². The van der Waals surface area contributed by atoms with Gasteiger partial charge in [0.05, 0.1) is 18.8 Å². The third-order valence-corrected chi connectivity index (χ3v) is 4.93. The number of nitrogens with one attached hydrogen (secondary N) is 1. The molecule has 0 unspecified atom stereocenters. The average molecular weight is 392 g/mol. The van der Waals surface area contributed by atoms with Crippen LogP contribution in [0.3, 0.4) is 0 Å². The SMILES string of the molecule is NC(=O)CN1CCC(N[C@@H](c2ccc(Br)cc2)c2ccco2)CC1. The molecule has 0 aliphatic carbocycles. The first kappa shape index (κ1) is 17.2. The fraction of sp³-hybridized carbons (Fsp3) is 0.389. The number of piperidine rings is 1. The molecule has 1 aliphatic heterocycles. The highest BCUT2D eigenvalue weighted by Gasteiger charge is 2.25. The smallest absolute Gasteiger partial charge is 0.231 e. The number of nitrogens with two attached hydrogens (primary N) is 1. The Bertz CT molecular complexity index is 649. The second kappa shape index (κ2) is 7.96. The predicted molar refractivity (Wildman–Crippen MR) is 96.5 cm³/mol. The van der Waals surface area contributed by atoms with Gasteiger partial charge in [0, 0.05) is 23.6 Å². The van der Waals surface area contributed by atoms with E-state index in [1.165, 1.54) is 5.56 Å². The molecule has 3 rings (SSSR count). The number of furan rings is 1. The molecular formula is C18H22BrN3O2. The fourth-order valence-corrected chi connectivity index (χ4v) is 3.43.